The van der Waals surface area contributed by atoms with Gasteiger partial charge in [0.15, 0.2) is 5.78 Å². The Balaban J connectivity index is 1.91. The second-order valence-corrected chi connectivity index (χ2v) is 5.40. The zero-order chi connectivity index (χ0) is 15.2. The number of anilines is 2. The second-order valence-electron chi connectivity index (χ2n) is 4.40. The van der Waals surface area contributed by atoms with E-state index in [9.17, 15) is 9.59 Å². The Morgan fingerprint density at radius 1 is 1.29 bits per heavy atom. The number of hydrogen-bond donors (Lipinski definition) is 2. The molecule has 3 N–H and O–H groups in total. The summed E-state index contributed by atoms with van der Waals surface area (Å²) in [6, 6.07) is 10.4. The van der Waals surface area contributed by atoms with Crippen LogP contribution in [-0.4, -0.2) is 22.4 Å². The number of Topliss-reactive ketones (excluding diaryl/α,β-unsaturated/α-hetero) is 1. The fourth-order valence-electron chi connectivity index (χ4n) is 1.63. The molecule has 2 aromatic rings. The van der Waals surface area contributed by atoms with E-state index in [1.807, 2.05) is 0 Å². The highest BCUT2D eigenvalue weighted by molar-refractivity contribution is 7.99. The number of nitrogens with one attached hydrogen (secondary N) is 1. The van der Waals surface area contributed by atoms with Gasteiger partial charge in [0.05, 0.1) is 22.7 Å². The van der Waals surface area contributed by atoms with E-state index in [1.54, 1.807) is 42.6 Å². The molecule has 1 aromatic heterocycles. The minimum atomic E-state index is -0.153. The van der Waals surface area contributed by atoms with E-state index < -0.39 is 0 Å². The van der Waals surface area contributed by atoms with Gasteiger partial charge in [0.25, 0.3) is 0 Å². The molecule has 0 saturated carbocycles. The molecule has 0 aliphatic rings. The Kier molecular flexibility index (Phi) is 4.94. The lowest BCUT2D eigenvalue weighted by Crippen LogP contribution is -2.14. The molecule has 0 fully saturated rings. The third-order valence-corrected chi connectivity index (χ3v) is 3.61. The number of carbonyl (C=O) groups excluding carboxylic acids is 2. The number of nitrogens with two attached hydrogens (primary N) is 1. The van der Waals surface area contributed by atoms with Crippen molar-refractivity contribution in [1.82, 2.24) is 4.98 Å². The van der Waals surface area contributed by atoms with E-state index in [0.717, 1.165) is 5.03 Å². The monoisotopic (exact) mass is 301 g/mol. The maximum atomic E-state index is 11.9. The number of ketones is 1. The van der Waals surface area contributed by atoms with E-state index in [4.69, 9.17) is 5.73 Å². The van der Waals surface area contributed by atoms with Crippen LogP contribution in [0.2, 0.25) is 0 Å². The number of aromatic nitrogens is 1. The summed E-state index contributed by atoms with van der Waals surface area (Å²) in [5.74, 6) is 0.0483. The maximum Gasteiger partial charge on any atom is 0.234 e. The van der Waals surface area contributed by atoms with E-state index in [0.29, 0.717) is 16.9 Å². The van der Waals surface area contributed by atoms with Crippen molar-refractivity contribution in [1.29, 1.82) is 0 Å². The number of nitrogens with zero attached hydrogens (tertiary/aromatic N) is 1. The van der Waals surface area contributed by atoms with Crippen molar-refractivity contribution >= 4 is 34.8 Å². The Labute approximate surface area is 127 Å². The van der Waals surface area contributed by atoms with Gasteiger partial charge in [0.2, 0.25) is 5.91 Å². The molecule has 0 spiro atoms. The molecular formula is C15H15N3O2S. The summed E-state index contributed by atoms with van der Waals surface area (Å²) in [5, 5.41) is 3.49. The maximum absolute atomic E-state index is 11.9. The highest BCUT2D eigenvalue weighted by atomic mass is 32.2. The smallest absolute Gasteiger partial charge is 0.234 e. The van der Waals surface area contributed by atoms with Crippen LogP contribution in [-0.2, 0) is 4.79 Å². The lowest BCUT2D eigenvalue weighted by Gasteiger charge is -2.06. The van der Waals surface area contributed by atoms with Crippen LogP contribution in [0.25, 0.3) is 0 Å². The molecule has 5 nitrogen and oxygen atoms in total. The standard InChI is InChI=1S/C15H15N3O2S/c1-10(19)11-3-2-4-13(7-11)18-14(20)9-21-15-6-5-12(16)8-17-15/h2-8H,9,16H2,1H3,(H,18,20). The first-order chi connectivity index (χ1) is 10.0. The number of rotatable bonds is 5. The highest BCUT2D eigenvalue weighted by Crippen LogP contribution is 2.17. The molecule has 0 bridgehead atoms. The SMILES string of the molecule is CC(=O)c1cccc(NC(=O)CSc2ccc(N)cn2)c1. The number of nitrogen functional groups attached to an aromatic ring is 1. The van der Waals surface area contributed by atoms with Crippen LogP contribution in [0.1, 0.15) is 17.3 Å². The predicted molar refractivity (Wildman–Crippen MR) is 84.4 cm³/mol. The van der Waals surface area contributed by atoms with Crippen LogP contribution in [0, 0.1) is 0 Å². The molecular weight excluding hydrogens is 286 g/mol. The summed E-state index contributed by atoms with van der Waals surface area (Å²) in [7, 11) is 0. The molecule has 0 aliphatic carbocycles. The number of amides is 1. The molecule has 0 aliphatic heterocycles. The fourth-order valence-corrected chi connectivity index (χ4v) is 2.27. The Morgan fingerprint density at radius 3 is 2.76 bits per heavy atom. The topological polar surface area (TPSA) is 85.1 Å². The van der Waals surface area contributed by atoms with Crippen LogP contribution in [0.15, 0.2) is 47.6 Å². The van der Waals surface area contributed by atoms with Crippen LogP contribution < -0.4 is 11.1 Å². The Bertz CT molecular complexity index is 656. The Hall–Kier alpha value is -2.34. The van der Waals surface area contributed by atoms with Crippen molar-refractivity contribution in [2.75, 3.05) is 16.8 Å². The number of carbonyl (C=O) groups is 2. The number of hydrogen-bond acceptors (Lipinski definition) is 5. The minimum Gasteiger partial charge on any atom is -0.397 e. The zero-order valence-corrected chi connectivity index (χ0v) is 12.3. The van der Waals surface area contributed by atoms with Crippen LogP contribution in [0.4, 0.5) is 11.4 Å². The van der Waals surface area contributed by atoms with Crippen LogP contribution in [0.5, 0.6) is 0 Å². The third kappa shape index (κ3) is 4.61. The summed E-state index contributed by atoms with van der Waals surface area (Å²) in [5.41, 5.74) is 7.31. The van der Waals surface area contributed by atoms with Gasteiger partial charge in [-0.2, -0.15) is 0 Å². The van der Waals surface area contributed by atoms with E-state index in [-0.39, 0.29) is 17.4 Å². The first-order valence-electron chi connectivity index (χ1n) is 6.30. The van der Waals surface area contributed by atoms with Crippen molar-refractivity contribution < 1.29 is 9.59 Å². The van der Waals surface area contributed by atoms with Crippen LogP contribution >= 0.6 is 11.8 Å². The molecule has 0 radical (unpaired) electrons. The first kappa shape index (κ1) is 15.1. The van der Waals surface area contributed by atoms with E-state index >= 15 is 0 Å². The van der Waals surface area contributed by atoms with Crippen molar-refractivity contribution in [2.45, 2.75) is 11.9 Å². The lowest BCUT2D eigenvalue weighted by atomic mass is 10.1. The Morgan fingerprint density at radius 2 is 2.10 bits per heavy atom. The average molecular weight is 301 g/mol. The molecule has 0 atom stereocenters. The molecule has 0 saturated heterocycles. The minimum absolute atomic E-state index is 0.0356. The zero-order valence-electron chi connectivity index (χ0n) is 11.5. The second kappa shape index (κ2) is 6.90. The number of pyridine rings is 1. The lowest BCUT2D eigenvalue weighted by molar-refractivity contribution is -0.113. The molecule has 0 unspecified atom stereocenters. The molecule has 1 heterocycles. The van der Waals surface area contributed by atoms with Gasteiger partial charge in [-0.15, -0.1) is 0 Å². The third-order valence-electron chi connectivity index (χ3n) is 2.66. The highest BCUT2D eigenvalue weighted by Gasteiger charge is 2.06. The molecule has 2 rings (SSSR count). The summed E-state index contributed by atoms with van der Waals surface area (Å²) >= 11 is 1.32. The van der Waals surface area contributed by atoms with Gasteiger partial charge in [-0.1, -0.05) is 23.9 Å². The normalized spacial score (nSPS) is 10.1. The average Bonchev–Trinajstić information content (AvgIpc) is 2.47. The van der Waals surface area contributed by atoms with Gasteiger partial charge in [-0.05, 0) is 31.2 Å². The molecule has 21 heavy (non-hydrogen) atoms. The molecule has 6 heteroatoms. The predicted octanol–water partition coefficient (Wildman–Crippen LogP) is 2.60. The van der Waals surface area contributed by atoms with Gasteiger partial charge in [-0.25, -0.2) is 4.98 Å². The van der Waals surface area contributed by atoms with Crippen molar-refractivity contribution in [3.63, 3.8) is 0 Å². The molecule has 1 amide bonds. The quantitative estimate of drug-likeness (QED) is 0.655. The van der Waals surface area contributed by atoms with Crippen molar-refractivity contribution in [2.24, 2.45) is 0 Å². The van der Waals surface area contributed by atoms with Gasteiger partial charge >= 0.3 is 0 Å². The van der Waals surface area contributed by atoms with Gasteiger partial charge < -0.3 is 11.1 Å². The largest absolute Gasteiger partial charge is 0.397 e. The number of thioether (sulfide) groups is 1. The van der Waals surface area contributed by atoms with E-state index in [1.165, 1.54) is 18.7 Å². The summed E-state index contributed by atoms with van der Waals surface area (Å²) in [6.45, 7) is 1.49. The van der Waals surface area contributed by atoms with Gasteiger partial charge in [-0.3, -0.25) is 9.59 Å². The summed E-state index contributed by atoms with van der Waals surface area (Å²) in [6.07, 6.45) is 1.55. The molecule has 1 aromatic carbocycles. The number of benzene rings is 1. The summed E-state index contributed by atoms with van der Waals surface area (Å²) < 4.78 is 0. The van der Waals surface area contributed by atoms with Crippen molar-refractivity contribution in [3.05, 3.63) is 48.2 Å². The van der Waals surface area contributed by atoms with Gasteiger partial charge in [0.1, 0.15) is 0 Å². The van der Waals surface area contributed by atoms with Gasteiger partial charge in [0, 0.05) is 11.3 Å². The van der Waals surface area contributed by atoms with E-state index in [2.05, 4.69) is 10.3 Å². The fraction of sp³-hybridized carbons (Fsp3) is 0.133. The van der Waals surface area contributed by atoms with Crippen molar-refractivity contribution in [3.8, 4) is 0 Å². The summed E-state index contributed by atoms with van der Waals surface area (Å²) in [4.78, 5) is 27.3. The first-order valence-corrected chi connectivity index (χ1v) is 7.28. The molecule has 108 valence electrons. The van der Waals surface area contributed by atoms with Crippen LogP contribution in [0.3, 0.4) is 0 Å².